The number of carbonyl (C=O) groups is 1. The molecular weight excluding hydrogens is 466 g/mol. The molecule has 7 nitrogen and oxygen atoms in total. The Balaban J connectivity index is 1.66. The van der Waals surface area contributed by atoms with Gasteiger partial charge in [0.25, 0.3) is 0 Å². The van der Waals surface area contributed by atoms with Gasteiger partial charge in [-0.1, -0.05) is 23.8 Å². The minimum atomic E-state index is -3.63. The van der Waals surface area contributed by atoms with Gasteiger partial charge in [0.2, 0.25) is 15.9 Å². The number of amides is 1. The van der Waals surface area contributed by atoms with Gasteiger partial charge in [0, 0.05) is 32.3 Å². The van der Waals surface area contributed by atoms with Crippen LogP contribution in [0.2, 0.25) is 0 Å². The zero-order chi connectivity index (χ0) is 24.7. The maximum Gasteiger partial charge on any atom is 0.387 e. The van der Waals surface area contributed by atoms with Crippen LogP contribution in [0, 0.1) is 6.92 Å². The first kappa shape index (κ1) is 25.6. The van der Waals surface area contributed by atoms with Crippen LogP contribution in [-0.4, -0.2) is 62.9 Å². The molecule has 2 aromatic rings. The molecule has 0 atom stereocenters. The van der Waals surface area contributed by atoms with Crippen LogP contribution in [0.15, 0.2) is 53.4 Å². The van der Waals surface area contributed by atoms with E-state index in [2.05, 4.69) is 4.74 Å². The summed E-state index contributed by atoms with van der Waals surface area (Å²) in [5.41, 5.74) is 1.56. The van der Waals surface area contributed by atoms with Crippen LogP contribution in [0.3, 0.4) is 0 Å². The van der Waals surface area contributed by atoms with Gasteiger partial charge in [-0.3, -0.25) is 4.79 Å². The molecule has 10 heteroatoms. The summed E-state index contributed by atoms with van der Waals surface area (Å²) < 4.78 is 62.3. The monoisotopic (exact) mass is 494 g/mol. The number of carbonyl (C=O) groups excluding carboxylic acids is 1. The highest BCUT2D eigenvalue weighted by molar-refractivity contribution is 7.89. The molecule has 1 heterocycles. The summed E-state index contributed by atoms with van der Waals surface area (Å²) in [6, 6.07) is 11.1. The molecular formula is C24H28F2N2O5S. The second-order valence-corrected chi connectivity index (χ2v) is 9.68. The van der Waals surface area contributed by atoms with E-state index < -0.39 is 16.6 Å². The van der Waals surface area contributed by atoms with Crippen molar-refractivity contribution in [2.45, 2.75) is 31.8 Å². The van der Waals surface area contributed by atoms with Crippen LogP contribution in [0.5, 0.6) is 11.5 Å². The topological polar surface area (TPSA) is 76.2 Å². The van der Waals surface area contributed by atoms with Crippen LogP contribution in [0.1, 0.15) is 24.5 Å². The number of sulfonamides is 1. The van der Waals surface area contributed by atoms with E-state index in [4.69, 9.17) is 4.74 Å². The molecule has 0 spiro atoms. The van der Waals surface area contributed by atoms with E-state index in [1.54, 1.807) is 48.2 Å². The third-order valence-electron chi connectivity index (χ3n) is 5.33. The summed E-state index contributed by atoms with van der Waals surface area (Å²) >= 11 is 0. The normalized spacial score (nSPS) is 15.5. The van der Waals surface area contributed by atoms with E-state index in [9.17, 15) is 22.0 Å². The predicted octanol–water partition coefficient (Wildman–Crippen LogP) is 3.93. The highest BCUT2D eigenvalue weighted by atomic mass is 32.2. The van der Waals surface area contributed by atoms with Gasteiger partial charge < -0.3 is 14.4 Å². The second kappa shape index (κ2) is 11.4. The Hall–Kier alpha value is -2.98. The van der Waals surface area contributed by atoms with Crippen molar-refractivity contribution in [1.29, 1.82) is 0 Å². The first-order valence-electron chi connectivity index (χ1n) is 11.0. The fourth-order valence-electron chi connectivity index (χ4n) is 3.58. The van der Waals surface area contributed by atoms with Crippen LogP contribution in [0.25, 0.3) is 6.08 Å². The summed E-state index contributed by atoms with van der Waals surface area (Å²) in [7, 11) is -3.63. The van der Waals surface area contributed by atoms with E-state index in [-0.39, 0.29) is 42.0 Å². The molecule has 0 bridgehead atoms. The molecule has 0 radical (unpaired) electrons. The highest BCUT2D eigenvalue weighted by Gasteiger charge is 2.27. The Kier molecular flexibility index (Phi) is 8.62. The van der Waals surface area contributed by atoms with Crippen molar-refractivity contribution in [3.05, 3.63) is 59.7 Å². The summed E-state index contributed by atoms with van der Waals surface area (Å²) in [5.74, 6) is -0.188. The SMILES string of the molecule is CCOc1cc(/C=C/C(=O)N2CCCN(S(=O)(=O)c3ccc(C)cc3)CC2)ccc1OC(F)F. The summed E-state index contributed by atoms with van der Waals surface area (Å²) in [6.07, 6.45) is 3.45. The minimum Gasteiger partial charge on any atom is -0.490 e. The van der Waals surface area contributed by atoms with Crippen LogP contribution in [0.4, 0.5) is 8.78 Å². The van der Waals surface area contributed by atoms with Crippen molar-refractivity contribution in [3.8, 4) is 11.5 Å². The predicted molar refractivity (Wildman–Crippen MR) is 124 cm³/mol. The van der Waals surface area contributed by atoms with Crippen molar-refractivity contribution < 1.29 is 31.5 Å². The Morgan fingerprint density at radius 2 is 1.79 bits per heavy atom. The Morgan fingerprint density at radius 3 is 2.47 bits per heavy atom. The lowest BCUT2D eigenvalue weighted by Gasteiger charge is -2.21. The first-order chi connectivity index (χ1) is 16.2. The van der Waals surface area contributed by atoms with Crippen molar-refractivity contribution in [3.63, 3.8) is 0 Å². The molecule has 1 fully saturated rings. The lowest BCUT2D eigenvalue weighted by Crippen LogP contribution is -2.36. The average molecular weight is 495 g/mol. The lowest BCUT2D eigenvalue weighted by molar-refractivity contribution is -0.125. The van der Waals surface area contributed by atoms with E-state index in [0.29, 0.717) is 25.1 Å². The molecule has 2 aromatic carbocycles. The number of aryl methyl sites for hydroxylation is 1. The summed E-state index contributed by atoms with van der Waals surface area (Å²) in [6.45, 7) is 2.12. The molecule has 0 saturated carbocycles. The molecule has 184 valence electrons. The maximum atomic E-state index is 13.0. The fraction of sp³-hybridized carbons (Fsp3) is 0.375. The van der Waals surface area contributed by atoms with Gasteiger partial charge in [-0.25, -0.2) is 8.42 Å². The Morgan fingerprint density at radius 1 is 1.06 bits per heavy atom. The van der Waals surface area contributed by atoms with Gasteiger partial charge in [0.05, 0.1) is 11.5 Å². The van der Waals surface area contributed by atoms with Gasteiger partial charge in [-0.15, -0.1) is 0 Å². The lowest BCUT2D eigenvalue weighted by atomic mass is 10.2. The molecule has 1 saturated heterocycles. The molecule has 1 aliphatic heterocycles. The number of hydrogen-bond acceptors (Lipinski definition) is 5. The first-order valence-corrected chi connectivity index (χ1v) is 12.4. The van der Waals surface area contributed by atoms with Gasteiger partial charge in [-0.05, 0) is 56.2 Å². The number of hydrogen-bond donors (Lipinski definition) is 0. The molecule has 0 N–H and O–H groups in total. The van der Waals surface area contributed by atoms with E-state index in [0.717, 1.165) is 5.56 Å². The molecule has 1 aliphatic rings. The second-order valence-electron chi connectivity index (χ2n) is 7.75. The Bertz CT molecular complexity index is 1120. The van der Waals surface area contributed by atoms with Crippen molar-refractivity contribution >= 4 is 22.0 Å². The quantitative estimate of drug-likeness (QED) is 0.520. The van der Waals surface area contributed by atoms with Crippen LogP contribution < -0.4 is 9.47 Å². The van der Waals surface area contributed by atoms with E-state index >= 15 is 0 Å². The van der Waals surface area contributed by atoms with Crippen molar-refractivity contribution in [1.82, 2.24) is 9.21 Å². The fourth-order valence-corrected chi connectivity index (χ4v) is 5.05. The van der Waals surface area contributed by atoms with Gasteiger partial charge in [-0.2, -0.15) is 13.1 Å². The highest BCUT2D eigenvalue weighted by Crippen LogP contribution is 2.30. The maximum absolute atomic E-state index is 13.0. The number of halogens is 2. The summed E-state index contributed by atoms with van der Waals surface area (Å²) in [4.78, 5) is 14.6. The van der Waals surface area contributed by atoms with Crippen molar-refractivity contribution in [2.75, 3.05) is 32.8 Å². The van der Waals surface area contributed by atoms with Crippen LogP contribution >= 0.6 is 0 Å². The number of rotatable bonds is 8. The van der Waals surface area contributed by atoms with Crippen molar-refractivity contribution in [2.24, 2.45) is 0 Å². The molecule has 34 heavy (non-hydrogen) atoms. The van der Waals surface area contributed by atoms with Gasteiger partial charge in [0.15, 0.2) is 11.5 Å². The van der Waals surface area contributed by atoms with Gasteiger partial charge >= 0.3 is 6.61 Å². The molecule has 3 rings (SSSR count). The minimum absolute atomic E-state index is 0.0808. The molecule has 1 amide bonds. The third-order valence-corrected chi connectivity index (χ3v) is 7.24. The summed E-state index contributed by atoms with van der Waals surface area (Å²) in [5, 5.41) is 0. The number of nitrogens with zero attached hydrogens (tertiary/aromatic N) is 2. The zero-order valence-electron chi connectivity index (χ0n) is 19.1. The number of alkyl halides is 2. The Labute approximate surface area is 198 Å². The molecule has 0 aromatic heterocycles. The van der Waals surface area contributed by atoms with Gasteiger partial charge in [0.1, 0.15) is 0 Å². The zero-order valence-corrected chi connectivity index (χ0v) is 19.9. The standard InChI is InChI=1S/C24H28F2N2O5S/c1-3-32-22-17-19(7-11-21(22)33-24(25)26)8-12-23(29)27-13-4-14-28(16-15-27)34(30,31)20-9-5-18(2)6-10-20/h5-12,17,24H,3-4,13-16H2,1-2H3/b12-8+. The van der Waals surface area contributed by atoms with E-state index in [1.807, 2.05) is 6.92 Å². The largest absolute Gasteiger partial charge is 0.490 e. The van der Waals surface area contributed by atoms with E-state index in [1.165, 1.54) is 22.5 Å². The number of benzene rings is 2. The average Bonchev–Trinajstić information content (AvgIpc) is 3.06. The smallest absolute Gasteiger partial charge is 0.387 e. The molecule has 0 unspecified atom stereocenters. The van der Waals surface area contributed by atoms with Crippen LogP contribution in [-0.2, 0) is 14.8 Å². The third kappa shape index (κ3) is 6.54. The molecule has 0 aliphatic carbocycles. The number of ether oxygens (including phenoxy) is 2.